The molecule has 0 spiro atoms. The van der Waals surface area contributed by atoms with E-state index in [0.717, 1.165) is 0 Å². The number of halogens is 1. The van der Waals surface area contributed by atoms with Crippen LogP contribution >= 0.6 is 17.0 Å². The number of hydrogen-bond donors (Lipinski definition) is 0. The molecule has 0 aromatic carbocycles. The molecule has 2 heteroatoms. The van der Waals surface area contributed by atoms with Crippen LogP contribution in [-0.2, 0) is 0 Å². The minimum absolute atomic E-state index is 0. The SMILES string of the molecule is Br.CC[CH2][Mg][CH3]. The van der Waals surface area contributed by atoms with Crippen molar-refractivity contribution in [2.45, 2.75) is 22.9 Å². The van der Waals surface area contributed by atoms with Crippen LogP contribution < -0.4 is 0 Å². The molecule has 0 aliphatic carbocycles. The Hall–Kier alpha value is 1.25. The van der Waals surface area contributed by atoms with Gasteiger partial charge in [-0.05, 0) is 0 Å². The van der Waals surface area contributed by atoms with Gasteiger partial charge in [0.05, 0.1) is 0 Å². The Kier molecular flexibility index (Phi) is 16.3. The topological polar surface area (TPSA) is 0 Å². The van der Waals surface area contributed by atoms with Gasteiger partial charge in [0.25, 0.3) is 0 Å². The van der Waals surface area contributed by atoms with Crippen LogP contribution in [0, 0.1) is 0 Å². The second-order valence-corrected chi connectivity index (χ2v) is 3.06. The van der Waals surface area contributed by atoms with Crippen LogP contribution in [0.2, 0.25) is 9.60 Å². The summed E-state index contributed by atoms with van der Waals surface area (Å²) in [7, 11) is 0. The van der Waals surface area contributed by atoms with Crippen molar-refractivity contribution in [1.82, 2.24) is 0 Å². The third-order valence-corrected chi connectivity index (χ3v) is 2.12. The van der Waals surface area contributed by atoms with Gasteiger partial charge in [0.2, 0.25) is 0 Å². The minimum atomic E-state index is 0. The lowest BCUT2D eigenvalue weighted by molar-refractivity contribution is 1.07. The Morgan fingerprint density at radius 3 is 2.00 bits per heavy atom. The first-order valence-electron chi connectivity index (χ1n) is 2.41. The van der Waals surface area contributed by atoms with Crippen molar-refractivity contribution in [2.24, 2.45) is 0 Å². The predicted molar refractivity (Wildman–Crippen MR) is 37.0 cm³/mol. The molecule has 0 saturated carbocycles. The van der Waals surface area contributed by atoms with Crippen molar-refractivity contribution in [3.63, 3.8) is 0 Å². The van der Waals surface area contributed by atoms with E-state index in [2.05, 4.69) is 12.0 Å². The van der Waals surface area contributed by atoms with Gasteiger partial charge in [-0.2, -0.15) is 5.05 Å². The Balaban J connectivity index is 0. The predicted octanol–water partition coefficient (Wildman–Crippen LogP) is 2.14. The second kappa shape index (κ2) is 9.53. The molecule has 0 fully saturated rings. The van der Waals surface area contributed by atoms with E-state index in [1.807, 2.05) is 0 Å². The van der Waals surface area contributed by atoms with Crippen LogP contribution in [0.15, 0.2) is 0 Å². The molecule has 0 bridgehead atoms. The average Bonchev–Trinajstić information content (AvgIpc) is 1.41. The van der Waals surface area contributed by atoms with Gasteiger partial charge in [0, 0.05) is 0 Å². The molecule has 0 N–H and O–H groups in total. The molecular weight excluding hydrogens is 152 g/mol. The molecular formula is C4H11BrMg. The summed E-state index contributed by atoms with van der Waals surface area (Å²) < 4.78 is 1.53. The molecule has 0 aromatic rings. The molecule has 0 heterocycles. The van der Waals surface area contributed by atoms with Gasteiger partial charge in [0.1, 0.15) is 0 Å². The summed E-state index contributed by atoms with van der Waals surface area (Å²) in [4.78, 5) is 0. The molecule has 0 amide bonds. The van der Waals surface area contributed by atoms with E-state index in [1.54, 1.807) is 0 Å². The first-order chi connectivity index (χ1) is 2.41. The van der Waals surface area contributed by atoms with Crippen LogP contribution in [0.1, 0.15) is 13.3 Å². The molecule has 6 heavy (non-hydrogen) atoms. The van der Waals surface area contributed by atoms with Gasteiger partial charge in [-0.15, -0.1) is 21.5 Å². The van der Waals surface area contributed by atoms with Crippen molar-refractivity contribution in [2.75, 3.05) is 0 Å². The van der Waals surface area contributed by atoms with E-state index in [-0.39, 0.29) is 17.0 Å². The normalized spacial score (nSPS) is 5.67. The smallest absolute Gasteiger partial charge is 0.157 e. The second-order valence-electron chi connectivity index (χ2n) is 1.35. The quantitative estimate of drug-likeness (QED) is 0.547. The maximum Gasteiger partial charge on any atom is 0.360 e. The molecule has 36 valence electrons. The summed E-state index contributed by atoms with van der Waals surface area (Å²) >= 11 is 0.414. The highest BCUT2D eigenvalue weighted by atomic mass is 79.9. The van der Waals surface area contributed by atoms with Gasteiger partial charge in [-0.1, -0.05) is 13.3 Å². The summed E-state index contributed by atoms with van der Waals surface area (Å²) in [6.07, 6.45) is 1.41. The summed E-state index contributed by atoms with van der Waals surface area (Å²) in [6.45, 7) is 2.25. The molecule has 0 atom stereocenters. The third kappa shape index (κ3) is 8.98. The van der Waals surface area contributed by atoms with Gasteiger partial charge in [-0.25, -0.2) is 0 Å². The van der Waals surface area contributed by atoms with Crippen LogP contribution in [0.4, 0.5) is 0 Å². The Labute approximate surface area is 60.2 Å². The number of rotatable bonds is 2. The maximum absolute atomic E-state index is 2.35. The molecule has 0 saturated heterocycles. The Morgan fingerprint density at radius 1 is 1.50 bits per heavy atom. The van der Waals surface area contributed by atoms with Gasteiger partial charge >= 0.3 is 20.4 Å². The fourth-order valence-corrected chi connectivity index (χ4v) is 1.06. The lowest BCUT2D eigenvalue weighted by Crippen LogP contribution is -1.73. The van der Waals surface area contributed by atoms with Gasteiger partial charge in [-0.3, -0.25) is 0 Å². The molecule has 0 aliphatic heterocycles. The molecule has 0 rings (SSSR count). The molecule has 0 aliphatic rings. The third-order valence-electron chi connectivity index (χ3n) is 0.707. The van der Waals surface area contributed by atoms with E-state index in [0.29, 0.717) is 20.4 Å². The largest absolute Gasteiger partial charge is 0.360 e. The van der Waals surface area contributed by atoms with Crippen molar-refractivity contribution < 1.29 is 0 Å². The lowest BCUT2D eigenvalue weighted by atomic mass is 10.6. The van der Waals surface area contributed by atoms with Crippen LogP contribution in [-0.4, -0.2) is 20.4 Å². The number of hydrogen-bond acceptors (Lipinski definition) is 0. The monoisotopic (exact) mass is 162 g/mol. The highest BCUT2D eigenvalue weighted by Gasteiger charge is 1.76. The average molecular weight is 163 g/mol. The highest BCUT2D eigenvalue weighted by molar-refractivity contribution is 8.93. The van der Waals surface area contributed by atoms with Crippen molar-refractivity contribution >= 4 is 37.3 Å². The maximum atomic E-state index is 2.35. The van der Waals surface area contributed by atoms with Crippen LogP contribution in [0.25, 0.3) is 0 Å². The lowest BCUT2D eigenvalue weighted by Gasteiger charge is -1.75. The zero-order valence-corrected chi connectivity index (χ0v) is 7.66. The Bertz CT molecular complexity index is 15.0. The Morgan fingerprint density at radius 2 is 2.00 bits per heavy atom. The summed E-state index contributed by atoms with van der Waals surface area (Å²) in [5.41, 5.74) is 0. The van der Waals surface area contributed by atoms with Gasteiger partial charge < -0.3 is 0 Å². The van der Waals surface area contributed by atoms with Crippen LogP contribution in [0.3, 0.4) is 0 Å². The van der Waals surface area contributed by atoms with Crippen molar-refractivity contribution in [1.29, 1.82) is 0 Å². The molecule has 0 radical (unpaired) electrons. The summed E-state index contributed by atoms with van der Waals surface area (Å²) in [5.74, 6) is 0. The standard InChI is InChI=1S/C3H7.CH3.BrH.Mg/c1-3-2;;;/h1,3H2,2H3;1H3;1H;. The van der Waals surface area contributed by atoms with E-state index < -0.39 is 0 Å². The van der Waals surface area contributed by atoms with Gasteiger partial charge in [0.15, 0.2) is 0 Å². The first kappa shape index (κ1) is 10.3. The van der Waals surface area contributed by atoms with Crippen LogP contribution in [0.5, 0.6) is 0 Å². The molecule has 0 aromatic heterocycles. The molecule has 0 unspecified atom stereocenters. The van der Waals surface area contributed by atoms with E-state index >= 15 is 0 Å². The molecule has 0 nitrogen and oxygen atoms in total. The van der Waals surface area contributed by atoms with E-state index in [9.17, 15) is 0 Å². The fourth-order valence-electron chi connectivity index (χ4n) is 0.354. The summed E-state index contributed by atoms with van der Waals surface area (Å²) in [5, 5.41) is 2.35. The zero-order valence-electron chi connectivity index (χ0n) is 4.53. The van der Waals surface area contributed by atoms with E-state index in [4.69, 9.17) is 0 Å². The van der Waals surface area contributed by atoms with Crippen molar-refractivity contribution in [3.05, 3.63) is 0 Å². The fraction of sp³-hybridized carbons (Fsp3) is 1.00. The summed E-state index contributed by atoms with van der Waals surface area (Å²) in [6, 6.07) is 0. The highest BCUT2D eigenvalue weighted by Crippen LogP contribution is 1.81. The first-order valence-corrected chi connectivity index (χ1v) is 4.83. The van der Waals surface area contributed by atoms with Crippen molar-refractivity contribution in [3.8, 4) is 0 Å². The zero-order chi connectivity index (χ0) is 4.12. The minimum Gasteiger partial charge on any atom is -0.157 e. The van der Waals surface area contributed by atoms with E-state index in [1.165, 1.54) is 11.0 Å².